The van der Waals surface area contributed by atoms with E-state index in [1.807, 2.05) is 4.90 Å². The highest BCUT2D eigenvalue weighted by molar-refractivity contribution is 5.68. The van der Waals surface area contributed by atoms with Gasteiger partial charge in [-0.1, -0.05) is 12.1 Å². The first kappa shape index (κ1) is 12.8. The molecule has 5 heteroatoms. The molecule has 1 saturated heterocycles. The Balaban J connectivity index is 2.25. The summed E-state index contributed by atoms with van der Waals surface area (Å²) in [5.74, 6) is -1.15. The average Bonchev–Trinajstić information content (AvgIpc) is 2.55. The molecule has 1 aromatic rings. The highest BCUT2D eigenvalue weighted by Gasteiger charge is 2.25. The Hall–Kier alpha value is -1.62. The number of hydrogen-bond acceptors (Lipinski definition) is 3. The van der Waals surface area contributed by atoms with Gasteiger partial charge in [0.15, 0.2) is 0 Å². The molecule has 1 unspecified atom stereocenters. The van der Waals surface area contributed by atoms with Crippen molar-refractivity contribution in [1.82, 2.24) is 5.32 Å². The fraction of sp³-hybridized carbons (Fsp3) is 0.462. The van der Waals surface area contributed by atoms with Crippen molar-refractivity contribution in [3.8, 4) is 0 Å². The SMILES string of the molecule is O=C(O)CC1CNCCCN1c1ccccc1F. The lowest BCUT2D eigenvalue weighted by Gasteiger charge is -2.31. The largest absolute Gasteiger partial charge is 0.481 e. The molecule has 0 aromatic heterocycles. The minimum atomic E-state index is -0.856. The van der Waals surface area contributed by atoms with E-state index >= 15 is 0 Å². The van der Waals surface area contributed by atoms with Crippen LogP contribution < -0.4 is 10.2 Å². The molecule has 0 aliphatic carbocycles. The Bertz CT molecular complexity index is 425. The molecule has 1 aliphatic rings. The first-order valence-electron chi connectivity index (χ1n) is 6.12. The molecule has 0 bridgehead atoms. The van der Waals surface area contributed by atoms with E-state index in [2.05, 4.69) is 5.32 Å². The maximum Gasteiger partial charge on any atom is 0.305 e. The van der Waals surface area contributed by atoms with Crippen LogP contribution in [0.4, 0.5) is 10.1 Å². The number of aliphatic carboxylic acids is 1. The second-order valence-electron chi connectivity index (χ2n) is 4.45. The first-order chi connectivity index (χ1) is 8.68. The molecule has 18 heavy (non-hydrogen) atoms. The third-order valence-corrected chi connectivity index (χ3v) is 3.15. The molecule has 1 atom stereocenters. The molecular weight excluding hydrogens is 235 g/mol. The fourth-order valence-corrected chi connectivity index (χ4v) is 2.32. The minimum Gasteiger partial charge on any atom is -0.481 e. The number of carboxylic acid groups (broad SMARTS) is 1. The number of carboxylic acids is 1. The lowest BCUT2D eigenvalue weighted by Crippen LogP contribution is -2.41. The Kier molecular flexibility index (Phi) is 4.15. The van der Waals surface area contributed by atoms with Crippen molar-refractivity contribution in [2.24, 2.45) is 0 Å². The van der Waals surface area contributed by atoms with Gasteiger partial charge in [-0.3, -0.25) is 4.79 Å². The normalized spacial score (nSPS) is 20.5. The number of para-hydroxylation sites is 1. The second kappa shape index (κ2) is 5.82. The molecule has 2 rings (SSSR count). The third-order valence-electron chi connectivity index (χ3n) is 3.15. The predicted octanol–water partition coefficient (Wildman–Crippen LogP) is 1.47. The van der Waals surface area contributed by atoms with Crippen LogP contribution in [0.3, 0.4) is 0 Å². The van der Waals surface area contributed by atoms with Gasteiger partial charge in [-0.25, -0.2) is 4.39 Å². The summed E-state index contributed by atoms with van der Waals surface area (Å²) in [6.07, 6.45) is 0.895. The van der Waals surface area contributed by atoms with Gasteiger partial charge in [0.05, 0.1) is 18.2 Å². The topological polar surface area (TPSA) is 52.6 Å². The smallest absolute Gasteiger partial charge is 0.305 e. The van der Waals surface area contributed by atoms with Crippen LogP contribution in [-0.2, 0) is 4.79 Å². The van der Waals surface area contributed by atoms with Crippen molar-refractivity contribution >= 4 is 11.7 Å². The summed E-state index contributed by atoms with van der Waals surface area (Å²) in [5.41, 5.74) is 0.493. The molecule has 0 spiro atoms. The van der Waals surface area contributed by atoms with Crippen molar-refractivity contribution < 1.29 is 14.3 Å². The van der Waals surface area contributed by atoms with Crippen molar-refractivity contribution in [2.45, 2.75) is 18.9 Å². The van der Waals surface area contributed by atoms with Gasteiger partial charge in [0.1, 0.15) is 5.82 Å². The van der Waals surface area contributed by atoms with Crippen molar-refractivity contribution in [1.29, 1.82) is 0 Å². The molecule has 1 fully saturated rings. The monoisotopic (exact) mass is 252 g/mol. The molecule has 98 valence electrons. The molecule has 2 N–H and O–H groups in total. The molecular formula is C13H17FN2O2. The van der Waals surface area contributed by atoms with Crippen molar-refractivity contribution in [3.63, 3.8) is 0 Å². The summed E-state index contributed by atoms with van der Waals surface area (Å²) in [5, 5.41) is 12.1. The molecule has 1 aromatic carbocycles. The number of anilines is 1. The molecule has 1 aliphatic heterocycles. The van der Waals surface area contributed by atoms with Gasteiger partial charge in [-0.15, -0.1) is 0 Å². The van der Waals surface area contributed by atoms with E-state index in [9.17, 15) is 9.18 Å². The minimum absolute atomic E-state index is 0.0152. The number of hydrogen-bond donors (Lipinski definition) is 2. The number of carbonyl (C=O) groups is 1. The van der Waals surface area contributed by atoms with Crippen LogP contribution in [0, 0.1) is 5.82 Å². The molecule has 0 amide bonds. The van der Waals surface area contributed by atoms with Crippen LogP contribution in [0.15, 0.2) is 24.3 Å². The standard InChI is InChI=1S/C13H17FN2O2/c14-11-4-1-2-5-12(11)16-7-3-6-15-9-10(16)8-13(17)18/h1-2,4-5,10,15H,3,6-9H2,(H,17,18). The molecule has 0 saturated carbocycles. The van der Waals surface area contributed by atoms with E-state index in [-0.39, 0.29) is 18.3 Å². The zero-order valence-corrected chi connectivity index (χ0v) is 10.1. The number of benzene rings is 1. The molecule has 0 radical (unpaired) electrons. The van der Waals surface area contributed by atoms with E-state index in [0.29, 0.717) is 18.8 Å². The van der Waals surface area contributed by atoms with Gasteiger partial charge in [-0.05, 0) is 25.1 Å². The summed E-state index contributed by atoms with van der Waals surface area (Å²) in [4.78, 5) is 12.8. The zero-order valence-electron chi connectivity index (χ0n) is 10.1. The van der Waals surface area contributed by atoms with Crippen molar-refractivity contribution in [3.05, 3.63) is 30.1 Å². The Labute approximate surface area is 105 Å². The lowest BCUT2D eigenvalue weighted by atomic mass is 10.1. The third kappa shape index (κ3) is 2.98. The molecule has 1 heterocycles. The summed E-state index contributed by atoms with van der Waals surface area (Å²) in [6.45, 7) is 2.08. The summed E-state index contributed by atoms with van der Waals surface area (Å²) in [6, 6.07) is 6.32. The van der Waals surface area contributed by atoms with E-state index in [0.717, 1.165) is 13.0 Å². The number of nitrogens with one attached hydrogen (secondary N) is 1. The van der Waals surface area contributed by atoms with Gasteiger partial charge in [0, 0.05) is 13.1 Å². The van der Waals surface area contributed by atoms with Gasteiger partial charge >= 0.3 is 5.97 Å². The Morgan fingerprint density at radius 3 is 3.00 bits per heavy atom. The van der Waals surface area contributed by atoms with E-state index in [1.165, 1.54) is 6.07 Å². The van der Waals surface area contributed by atoms with E-state index in [4.69, 9.17) is 5.11 Å². The van der Waals surface area contributed by atoms with Crippen molar-refractivity contribution in [2.75, 3.05) is 24.5 Å². The molecule has 4 nitrogen and oxygen atoms in total. The van der Waals surface area contributed by atoms with E-state index < -0.39 is 5.97 Å². The maximum absolute atomic E-state index is 13.8. The number of halogens is 1. The Morgan fingerprint density at radius 2 is 2.28 bits per heavy atom. The lowest BCUT2D eigenvalue weighted by molar-refractivity contribution is -0.137. The van der Waals surface area contributed by atoms with Gasteiger partial charge < -0.3 is 15.3 Å². The second-order valence-corrected chi connectivity index (χ2v) is 4.45. The summed E-state index contributed by atoms with van der Waals surface area (Å²) < 4.78 is 13.8. The highest BCUT2D eigenvalue weighted by Crippen LogP contribution is 2.23. The van der Waals surface area contributed by atoms with Gasteiger partial charge in [0.2, 0.25) is 0 Å². The number of rotatable bonds is 3. The van der Waals surface area contributed by atoms with Crippen LogP contribution in [0.2, 0.25) is 0 Å². The quantitative estimate of drug-likeness (QED) is 0.855. The summed E-state index contributed by atoms with van der Waals surface area (Å²) in [7, 11) is 0. The zero-order chi connectivity index (χ0) is 13.0. The van der Waals surface area contributed by atoms with Crippen LogP contribution in [0.1, 0.15) is 12.8 Å². The van der Waals surface area contributed by atoms with Gasteiger partial charge in [0.25, 0.3) is 0 Å². The number of nitrogens with zero attached hydrogens (tertiary/aromatic N) is 1. The van der Waals surface area contributed by atoms with Gasteiger partial charge in [-0.2, -0.15) is 0 Å². The van der Waals surface area contributed by atoms with Crippen LogP contribution in [-0.4, -0.2) is 36.8 Å². The maximum atomic E-state index is 13.8. The Morgan fingerprint density at radius 1 is 1.50 bits per heavy atom. The van der Waals surface area contributed by atoms with Crippen LogP contribution in [0.25, 0.3) is 0 Å². The fourth-order valence-electron chi connectivity index (χ4n) is 2.32. The van der Waals surface area contributed by atoms with E-state index in [1.54, 1.807) is 18.2 Å². The highest BCUT2D eigenvalue weighted by atomic mass is 19.1. The summed E-state index contributed by atoms with van der Waals surface area (Å²) >= 11 is 0. The average molecular weight is 252 g/mol. The van der Waals surface area contributed by atoms with Crippen LogP contribution >= 0.6 is 0 Å². The predicted molar refractivity (Wildman–Crippen MR) is 67.3 cm³/mol. The first-order valence-corrected chi connectivity index (χ1v) is 6.12. The van der Waals surface area contributed by atoms with Crippen LogP contribution in [0.5, 0.6) is 0 Å².